The van der Waals surface area contributed by atoms with Crippen molar-refractivity contribution in [1.29, 1.82) is 0 Å². The minimum absolute atomic E-state index is 0.213. The number of rotatable bonds is 1. The van der Waals surface area contributed by atoms with E-state index in [1.165, 1.54) is 6.92 Å². The van der Waals surface area contributed by atoms with Crippen LogP contribution in [0, 0.1) is 4.84 Å². The third-order valence-electron chi connectivity index (χ3n) is 0.301. The van der Waals surface area contributed by atoms with E-state index in [1.54, 1.807) is 0 Å². The highest BCUT2D eigenvalue weighted by molar-refractivity contribution is 6.52. The molecule has 0 aliphatic carbocycles. The van der Waals surface area contributed by atoms with Crippen LogP contribution in [0.2, 0.25) is 0 Å². The molecule has 0 saturated carbocycles. The van der Waals surface area contributed by atoms with Gasteiger partial charge in [0, 0.05) is 0 Å². The van der Waals surface area contributed by atoms with Gasteiger partial charge in [-0.15, -0.1) is 0 Å². The highest BCUT2D eigenvalue weighted by atomic mass is 35.5. The van der Waals surface area contributed by atoms with Crippen molar-refractivity contribution in [3.8, 4) is 0 Å². The van der Waals surface area contributed by atoms with E-state index in [1.807, 2.05) is 0 Å². The predicted molar refractivity (Wildman–Crippen MR) is 25.5 cm³/mol. The summed E-state index contributed by atoms with van der Waals surface area (Å²) in [5, 5.41) is 0. The lowest BCUT2D eigenvalue weighted by Gasteiger charge is -1.94. The summed E-state index contributed by atoms with van der Waals surface area (Å²) in [5.41, 5.74) is 0. The molecule has 0 saturated heterocycles. The fourth-order valence-corrected chi connectivity index (χ4v) is 0. The third-order valence-corrected chi connectivity index (χ3v) is 0.902. The molecule has 0 heterocycles. The van der Waals surface area contributed by atoms with E-state index >= 15 is 0 Å². The Labute approximate surface area is 46.2 Å². The number of hydrogen-bond donors (Lipinski definition) is 0. The monoisotopic (exact) mass is 129 g/mol. The lowest BCUT2D eigenvalue weighted by molar-refractivity contribution is 0.412. The molecule has 0 aliphatic heterocycles. The molecule has 3 heteroatoms. The molecule has 0 spiro atoms. The van der Waals surface area contributed by atoms with Gasteiger partial charge in [-0.25, -0.2) is 4.39 Å². The molecule has 6 heavy (non-hydrogen) atoms. The first-order valence-electron chi connectivity index (χ1n) is 1.46. The Kier molecular flexibility index (Phi) is 2.87. The summed E-state index contributed by atoms with van der Waals surface area (Å²) >= 11 is 9.84. The van der Waals surface area contributed by atoms with Crippen LogP contribution in [0.5, 0.6) is 0 Å². The average Bonchev–Trinajstić information content (AvgIpc) is 1.36. The van der Waals surface area contributed by atoms with Gasteiger partial charge in [0.1, 0.15) is 6.17 Å². The van der Waals surface area contributed by atoms with E-state index in [0.717, 1.165) is 0 Å². The lowest BCUT2D eigenvalue weighted by Crippen LogP contribution is -1.92. The van der Waals surface area contributed by atoms with Gasteiger partial charge in [0.15, 0.2) is 4.84 Å². The van der Waals surface area contributed by atoms with Gasteiger partial charge in [-0.1, -0.05) is 23.2 Å². The van der Waals surface area contributed by atoms with Crippen molar-refractivity contribution >= 4 is 23.2 Å². The van der Waals surface area contributed by atoms with Crippen molar-refractivity contribution in [2.24, 2.45) is 0 Å². The second-order valence-corrected chi connectivity index (χ2v) is 1.91. The first-order chi connectivity index (χ1) is 2.64. The van der Waals surface area contributed by atoms with Crippen molar-refractivity contribution in [3.63, 3.8) is 0 Å². The first kappa shape index (κ1) is 6.51. The molecule has 0 aliphatic rings. The van der Waals surface area contributed by atoms with E-state index < -0.39 is 6.17 Å². The van der Waals surface area contributed by atoms with Gasteiger partial charge >= 0.3 is 0 Å². The molecule has 0 rings (SSSR count). The summed E-state index contributed by atoms with van der Waals surface area (Å²) in [7, 11) is 0. The van der Waals surface area contributed by atoms with Gasteiger partial charge in [0.05, 0.1) is 0 Å². The maximum atomic E-state index is 11.5. The van der Waals surface area contributed by atoms with Gasteiger partial charge in [-0.05, 0) is 6.92 Å². The maximum Gasteiger partial charge on any atom is 0.184 e. The predicted octanol–water partition coefficient (Wildman–Crippen LogP) is 2.31. The highest BCUT2D eigenvalue weighted by Crippen LogP contribution is 2.18. The molecular formula is C3H4Cl2F. The van der Waals surface area contributed by atoms with Gasteiger partial charge < -0.3 is 0 Å². The number of alkyl halides is 1. The molecule has 0 aromatic heterocycles. The van der Waals surface area contributed by atoms with Gasteiger partial charge in [-0.3, -0.25) is 0 Å². The maximum absolute atomic E-state index is 11.5. The summed E-state index contributed by atoms with van der Waals surface area (Å²) < 4.78 is 11.5. The average molecular weight is 130 g/mol. The minimum atomic E-state index is -1.20. The molecule has 0 aromatic rings. The molecule has 1 unspecified atom stereocenters. The standard InChI is InChI=1S/C3H4Cl2F/c1-2(6)3(4)5/h2H,1H3. The van der Waals surface area contributed by atoms with Crippen LogP contribution in [0.15, 0.2) is 0 Å². The Bertz CT molecular complexity index is 29.8. The molecule has 37 valence electrons. The summed E-state index contributed by atoms with van der Waals surface area (Å²) in [5.74, 6) is 0. The van der Waals surface area contributed by atoms with Crippen LogP contribution in [0.25, 0.3) is 0 Å². The quantitative estimate of drug-likeness (QED) is 0.510. The Morgan fingerprint density at radius 1 is 1.67 bits per heavy atom. The summed E-state index contributed by atoms with van der Waals surface area (Å²) in [6.07, 6.45) is -1.20. The molecule has 0 nitrogen and oxygen atoms in total. The van der Waals surface area contributed by atoms with Crippen molar-refractivity contribution in [1.82, 2.24) is 0 Å². The Morgan fingerprint density at radius 3 is 1.83 bits per heavy atom. The van der Waals surface area contributed by atoms with Crippen molar-refractivity contribution in [3.05, 3.63) is 4.84 Å². The van der Waals surface area contributed by atoms with E-state index in [-0.39, 0.29) is 4.84 Å². The number of hydrogen-bond acceptors (Lipinski definition) is 0. The minimum Gasteiger partial charge on any atom is -0.244 e. The molecule has 0 aromatic carbocycles. The van der Waals surface area contributed by atoms with E-state index in [4.69, 9.17) is 23.2 Å². The zero-order valence-electron chi connectivity index (χ0n) is 3.21. The Balaban J connectivity index is 2.99. The molecular weight excluding hydrogens is 126 g/mol. The van der Waals surface area contributed by atoms with Crippen LogP contribution < -0.4 is 0 Å². The van der Waals surface area contributed by atoms with Crippen LogP contribution in [-0.2, 0) is 0 Å². The van der Waals surface area contributed by atoms with Crippen LogP contribution in [0.1, 0.15) is 6.92 Å². The number of halogens is 3. The normalized spacial score (nSPS) is 15.5. The molecule has 1 atom stereocenters. The third kappa shape index (κ3) is 2.73. The second kappa shape index (κ2) is 2.64. The Morgan fingerprint density at radius 2 is 1.83 bits per heavy atom. The van der Waals surface area contributed by atoms with Crippen LogP contribution in [0.3, 0.4) is 0 Å². The van der Waals surface area contributed by atoms with Crippen molar-refractivity contribution in [2.45, 2.75) is 13.1 Å². The zero-order chi connectivity index (χ0) is 5.15. The van der Waals surface area contributed by atoms with E-state index in [0.29, 0.717) is 0 Å². The van der Waals surface area contributed by atoms with Crippen LogP contribution in [0.4, 0.5) is 4.39 Å². The molecule has 0 N–H and O–H groups in total. The molecule has 0 amide bonds. The fraction of sp³-hybridized carbons (Fsp3) is 0.667. The molecule has 0 bridgehead atoms. The second-order valence-electron chi connectivity index (χ2n) is 0.906. The van der Waals surface area contributed by atoms with E-state index in [9.17, 15) is 4.39 Å². The zero-order valence-corrected chi connectivity index (χ0v) is 4.72. The summed E-state index contributed by atoms with van der Waals surface area (Å²) in [6, 6.07) is 0. The van der Waals surface area contributed by atoms with Crippen molar-refractivity contribution < 1.29 is 4.39 Å². The smallest absolute Gasteiger partial charge is 0.184 e. The van der Waals surface area contributed by atoms with Gasteiger partial charge in [0.25, 0.3) is 0 Å². The van der Waals surface area contributed by atoms with Crippen molar-refractivity contribution in [2.75, 3.05) is 0 Å². The fourth-order valence-electron chi connectivity index (χ4n) is 0. The highest BCUT2D eigenvalue weighted by Gasteiger charge is 2.08. The summed E-state index contributed by atoms with van der Waals surface area (Å²) in [4.78, 5) is -0.213. The largest absolute Gasteiger partial charge is 0.244 e. The summed E-state index contributed by atoms with van der Waals surface area (Å²) in [6.45, 7) is 1.27. The molecule has 1 radical (unpaired) electrons. The molecule has 0 fully saturated rings. The first-order valence-corrected chi connectivity index (χ1v) is 2.22. The topological polar surface area (TPSA) is 0 Å². The van der Waals surface area contributed by atoms with E-state index in [2.05, 4.69) is 0 Å². The lowest BCUT2D eigenvalue weighted by atomic mass is 10.5. The Hall–Kier alpha value is 0.510. The van der Waals surface area contributed by atoms with Crippen LogP contribution in [-0.4, -0.2) is 6.17 Å². The SMILES string of the molecule is CC(F)[C](Cl)Cl. The van der Waals surface area contributed by atoms with Crippen LogP contribution >= 0.6 is 23.2 Å². The van der Waals surface area contributed by atoms with Gasteiger partial charge in [-0.2, -0.15) is 0 Å². The van der Waals surface area contributed by atoms with Gasteiger partial charge in [0.2, 0.25) is 0 Å².